The number of rotatable bonds is 8. The van der Waals surface area contributed by atoms with Crippen LogP contribution >= 0.6 is 0 Å². The van der Waals surface area contributed by atoms with Gasteiger partial charge in [-0.3, -0.25) is 10.1 Å². The highest BCUT2D eigenvalue weighted by atomic mass is 16.5. The van der Waals surface area contributed by atoms with Crippen molar-refractivity contribution in [3.63, 3.8) is 0 Å². The second-order valence-corrected chi connectivity index (χ2v) is 5.85. The van der Waals surface area contributed by atoms with Crippen LogP contribution in [0, 0.1) is 0 Å². The molecule has 3 aromatic rings. The van der Waals surface area contributed by atoms with Gasteiger partial charge in [0.15, 0.2) is 18.1 Å². The van der Waals surface area contributed by atoms with Crippen LogP contribution in [0.5, 0.6) is 11.5 Å². The van der Waals surface area contributed by atoms with E-state index in [0.717, 1.165) is 5.56 Å². The van der Waals surface area contributed by atoms with E-state index in [2.05, 4.69) is 15.5 Å². The maximum absolute atomic E-state index is 11.9. The summed E-state index contributed by atoms with van der Waals surface area (Å²) in [6.07, 6.45) is 2.69. The van der Waals surface area contributed by atoms with Crippen molar-refractivity contribution in [1.82, 2.24) is 10.2 Å². The first-order valence-electron chi connectivity index (χ1n) is 8.85. The average Bonchev–Trinajstić information content (AvgIpc) is 3.24. The standard InChI is InChI=1S/C21H19N3O6/c1-27-16-10-6-9-14(19(16)28-2)11-12-18(26)29-13-17(25)22-21-24-23-20(30-21)15-7-4-3-5-8-15/h3-12H,13H2,1-2H3,(H,22,24,25). The first-order chi connectivity index (χ1) is 14.6. The zero-order valence-electron chi connectivity index (χ0n) is 16.3. The lowest BCUT2D eigenvalue weighted by atomic mass is 10.1. The molecule has 0 saturated carbocycles. The van der Waals surface area contributed by atoms with E-state index >= 15 is 0 Å². The van der Waals surface area contributed by atoms with Crippen LogP contribution in [0.2, 0.25) is 0 Å². The Bertz CT molecular complexity index is 1050. The molecular weight excluding hydrogens is 390 g/mol. The zero-order chi connectivity index (χ0) is 21.3. The van der Waals surface area contributed by atoms with Crippen LogP contribution in [0.25, 0.3) is 17.5 Å². The number of hydrogen-bond donors (Lipinski definition) is 1. The Labute approximate surface area is 172 Å². The minimum Gasteiger partial charge on any atom is -0.493 e. The molecule has 9 heteroatoms. The number of nitrogens with zero attached hydrogens (tertiary/aromatic N) is 2. The summed E-state index contributed by atoms with van der Waals surface area (Å²) in [6.45, 7) is -0.512. The molecule has 9 nitrogen and oxygen atoms in total. The van der Waals surface area contributed by atoms with Gasteiger partial charge in [0.05, 0.1) is 14.2 Å². The molecule has 1 aromatic heterocycles. The van der Waals surface area contributed by atoms with E-state index in [4.69, 9.17) is 18.6 Å². The number of benzene rings is 2. The third-order valence-electron chi connectivity index (χ3n) is 3.87. The van der Waals surface area contributed by atoms with Crippen LogP contribution in [-0.4, -0.2) is 42.9 Å². The van der Waals surface area contributed by atoms with Crippen LogP contribution in [-0.2, 0) is 14.3 Å². The van der Waals surface area contributed by atoms with E-state index in [1.807, 2.05) is 18.2 Å². The first-order valence-corrected chi connectivity index (χ1v) is 8.85. The molecule has 0 saturated heterocycles. The van der Waals surface area contributed by atoms with Crippen molar-refractivity contribution in [1.29, 1.82) is 0 Å². The largest absolute Gasteiger partial charge is 0.493 e. The Morgan fingerprint density at radius 3 is 2.57 bits per heavy atom. The lowest BCUT2D eigenvalue weighted by Crippen LogP contribution is -2.20. The van der Waals surface area contributed by atoms with Gasteiger partial charge in [0.1, 0.15) is 0 Å². The Morgan fingerprint density at radius 1 is 1.03 bits per heavy atom. The molecule has 154 valence electrons. The number of aromatic nitrogens is 2. The number of esters is 1. The summed E-state index contributed by atoms with van der Waals surface area (Å²) in [6, 6.07) is 14.2. The second-order valence-electron chi connectivity index (χ2n) is 5.85. The fraction of sp³-hybridized carbons (Fsp3) is 0.143. The summed E-state index contributed by atoms with van der Waals surface area (Å²) in [7, 11) is 3.02. The maximum Gasteiger partial charge on any atom is 0.331 e. The number of ether oxygens (including phenoxy) is 3. The van der Waals surface area contributed by atoms with E-state index in [9.17, 15) is 9.59 Å². The van der Waals surface area contributed by atoms with Gasteiger partial charge in [-0.25, -0.2) is 4.79 Å². The van der Waals surface area contributed by atoms with Gasteiger partial charge < -0.3 is 18.6 Å². The second kappa shape index (κ2) is 9.87. The lowest BCUT2D eigenvalue weighted by molar-refractivity contribution is -0.142. The predicted molar refractivity (Wildman–Crippen MR) is 108 cm³/mol. The monoisotopic (exact) mass is 409 g/mol. The van der Waals surface area contributed by atoms with Crippen LogP contribution in [0.15, 0.2) is 59.0 Å². The summed E-state index contributed by atoms with van der Waals surface area (Å²) in [5.41, 5.74) is 1.34. The number of para-hydroxylation sites is 1. The number of hydrogen-bond acceptors (Lipinski definition) is 8. The Morgan fingerprint density at radius 2 is 1.83 bits per heavy atom. The first kappa shape index (κ1) is 20.6. The van der Waals surface area contributed by atoms with Gasteiger partial charge in [-0.2, -0.15) is 0 Å². The Kier molecular flexibility index (Phi) is 6.78. The Balaban J connectivity index is 1.52. The third kappa shape index (κ3) is 5.22. The molecule has 1 amide bonds. The van der Waals surface area contributed by atoms with Gasteiger partial charge in [-0.05, 0) is 24.3 Å². The van der Waals surface area contributed by atoms with Gasteiger partial charge >= 0.3 is 12.0 Å². The van der Waals surface area contributed by atoms with E-state index in [-0.39, 0.29) is 11.9 Å². The van der Waals surface area contributed by atoms with Crippen LogP contribution < -0.4 is 14.8 Å². The van der Waals surface area contributed by atoms with Crippen molar-refractivity contribution in [2.45, 2.75) is 0 Å². The fourth-order valence-corrected chi connectivity index (χ4v) is 2.51. The normalized spacial score (nSPS) is 10.6. The Hall–Kier alpha value is -4.14. The highest BCUT2D eigenvalue weighted by molar-refractivity contribution is 5.93. The third-order valence-corrected chi connectivity index (χ3v) is 3.87. The highest BCUT2D eigenvalue weighted by Crippen LogP contribution is 2.31. The summed E-state index contributed by atoms with van der Waals surface area (Å²) in [4.78, 5) is 23.8. The smallest absolute Gasteiger partial charge is 0.331 e. The van der Waals surface area contributed by atoms with Crippen molar-refractivity contribution in [3.8, 4) is 23.0 Å². The quantitative estimate of drug-likeness (QED) is 0.446. The van der Waals surface area contributed by atoms with E-state index in [1.165, 1.54) is 26.4 Å². The molecule has 0 spiro atoms. The van der Waals surface area contributed by atoms with Gasteiger partial charge in [-0.1, -0.05) is 35.4 Å². The molecule has 0 aliphatic carbocycles. The molecule has 1 heterocycles. The summed E-state index contributed by atoms with van der Waals surface area (Å²) >= 11 is 0. The minimum absolute atomic E-state index is 0.0911. The van der Waals surface area contributed by atoms with Crippen LogP contribution in [0.1, 0.15) is 5.56 Å². The van der Waals surface area contributed by atoms with Gasteiger partial charge in [0.25, 0.3) is 5.91 Å². The van der Waals surface area contributed by atoms with Crippen molar-refractivity contribution >= 4 is 24.0 Å². The molecule has 0 fully saturated rings. The molecular formula is C21H19N3O6. The van der Waals surface area contributed by atoms with Gasteiger partial charge in [-0.15, -0.1) is 5.10 Å². The van der Waals surface area contributed by atoms with Crippen molar-refractivity contribution in [2.24, 2.45) is 0 Å². The lowest BCUT2D eigenvalue weighted by Gasteiger charge is -2.09. The van der Waals surface area contributed by atoms with E-state index < -0.39 is 18.5 Å². The fourth-order valence-electron chi connectivity index (χ4n) is 2.51. The average molecular weight is 409 g/mol. The maximum atomic E-state index is 11.9. The van der Waals surface area contributed by atoms with Crippen LogP contribution in [0.4, 0.5) is 6.01 Å². The number of amides is 1. The predicted octanol–water partition coefficient (Wildman–Crippen LogP) is 2.95. The molecule has 3 rings (SSSR count). The molecule has 0 aliphatic heterocycles. The summed E-state index contributed by atoms with van der Waals surface area (Å²) < 4.78 is 20.8. The van der Waals surface area contributed by atoms with Crippen molar-refractivity contribution < 1.29 is 28.2 Å². The minimum atomic E-state index is -0.703. The van der Waals surface area contributed by atoms with Crippen LogP contribution in [0.3, 0.4) is 0 Å². The number of anilines is 1. The zero-order valence-corrected chi connectivity index (χ0v) is 16.3. The van der Waals surface area contributed by atoms with Crippen molar-refractivity contribution in [2.75, 3.05) is 26.1 Å². The molecule has 2 aromatic carbocycles. The number of nitrogens with one attached hydrogen (secondary N) is 1. The summed E-state index contributed by atoms with van der Waals surface area (Å²) in [5.74, 6) is -0.0446. The van der Waals surface area contributed by atoms with Gasteiger partial charge in [0.2, 0.25) is 5.89 Å². The number of carbonyl (C=O) groups is 2. The van der Waals surface area contributed by atoms with E-state index in [1.54, 1.807) is 30.3 Å². The SMILES string of the molecule is COc1cccc(C=CC(=O)OCC(=O)Nc2nnc(-c3ccccc3)o2)c1OC. The highest BCUT2D eigenvalue weighted by Gasteiger charge is 2.13. The molecule has 1 N–H and O–H groups in total. The topological polar surface area (TPSA) is 113 Å². The molecule has 0 aliphatic rings. The van der Waals surface area contributed by atoms with E-state index in [0.29, 0.717) is 17.1 Å². The molecule has 0 unspecified atom stereocenters. The molecule has 30 heavy (non-hydrogen) atoms. The molecule has 0 atom stereocenters. The summed E-state index contributed by atoms with van der Waals surface area (Å²) in [5, 5.41) is 9.98. The van der Waals surface area contributed by atoms with Gasteiger partial charge in [0, 0.05) is 17.2 Å². The number of carbonyl (C=O) groups excluding carboxylic acids is 2. The molecule has 0 bridgehead atoms. The van der Waals surface area contributed by atoms with Crippen molar-refractivity contribution in [3.05, 3.63) is 60.2 Å². The number of methoxy groups -OCH3 is 2. The molecule has 0 radical (unpaired) electrons.